The SMILES string of the molecule is CC(=O)Nc1nc2c(s1)CN(C(=O)c1cc(C3CC3)on1)CC2. The van der Waals surface area contributed by atoms with E-state index in [0.717, 1.165) is 29.2 Å². The normalized spacial score (nSPS) is 17.0. The van der Waals surface area contributed by atoms with Crippen LogP contribution in [0.5, 0.6) is 0 Å². The number of hydrogen-bond acceptors (Lipinski definition) is 6. The van der Waals surface area contributed by atoms with Crippen molar-refractivity contribution in [2.24, 2.45) is 0 Å². The minimum atomic E-state index is -0.140. The van der Waals surface area contributed by atoms with E-state index in [1.807, 2.05) is 0 Å². The molecule has 8 heteroatoms. The topological polar surface area (TPSA) is 88.3 Å². The molecule has 0 aromatic carbocycles. The van der Waals surface area contributed by atoms with Crippen LogP contribution in [-0.4, -0.2) is 33.4 Å². The lowest BCUT2D eigenvalue weighted by Gasteiger charge is -2.25. The first-order valence-electron chi connectivity index (χ1n) is 7.62. The first-order chi connectivity index (χ1) is 11.1. The minimum absolute atomic E-state index is 0.110. The second-order valence-corrected chi connectivity index (χ2v) is 7.02. The third-order valence-corrected chi connectivity index (χ3v) is 5.03. The molecule has 7 nitrogen and oxygen atoms in total. The minimum Gasteiger partial charge on any atom is -0.360 e. The highest BCUT2D eigenvalue weighted by molar-refractivity contribution is 7.15. The van der Waals surface area contributed by atoms with Crippen molar-refractivity contribution < 1.29 is 14.1 Å². The molecule has 0 atom stereocenters. The summed E-state index contributed by atoms with van der Waals surface area (Å²) in [7, 11) is 0. The Hall–Kier alpha value is -2.22. The molecule has 3 heterocycles. The predicted molar refractivity (Wildman–Crippen MR) is 83.3 cm³/mol. The molecule has 0 unspecified atom stereocenters. The highest BCUT2D eigenvalue weighted by Crippen LogP contribution is 2.40. The van der Waals surface area contributed by atoms with Gasteiger partial charge < -0.3 is 14.7 Å². The van der Waals surface area contributed by atoms with Crippen molar-refractivity contribution in [2.75, 3.05) is 11.9 Å². The number of anilines is 1. The Balaban J connectivity index is 1.48. The smallest absolute Gasteiger partial charge is 0.276 e. The van der Waals surface area contributed by atoms with Crippen molar-refractivity contribution >= 4 is 28.3 Å². The summed E-state index contributed by atoms with van der Waals surface area (Å²) in [5.74, 6) is 1.01. The fraction of sp³-hybridized carbons (Fsp3) is 0.467. The van der Waals surface area contributed by atoms with Crippen molar-refractivity contribution in [1.82, 2.24) is 15.0 Å². The Morgan fingerprint density at radius 3 is 3.00 bits per heavy atom. The van der Waals surface area contributed by atoms with E-state index >= 15 is 0 Å². The molecule has 1 N–H and O–H groups in total. The summed E-state index contributed by atoms with van der Waals surface area (Å²) in [6, 6.07) is 1.77. The van der Waals surface area contributed by atoms with E-state index < -0.39 is 0 Å². The monoisotopic (exact) mass is 332 g/mol. The van der Waals surface area contributed by atoms with Crippen molar-refractivity contribution in [1.29, 1.82) is 0 Å². The zero-order chi connectivity index (χ0) is 16.0. The average molecular weight is 332 g/mol. The molecule has 1 fully saturated rings. The number of carbonyl (C=O) groups is 2. The summed E-state index contributed by atoms with van der Waals surface area (Å²) in [4.78, 5) is 30.9. The van der Waals surface area contributed by atoms with Crippen LogP contribution in [0.1, 0.15) is 52.5 Å². The third kappa shape index (κ3) is 2.86. The Morgan fingerprint density at radius 1 is 1.43 bits per heavy atom. The van der Waals surface area contributed by atoms with Gasteiger partial charge in [0, 0.05) is 36.8 Å². The molecule has 0 saturated heterocycles. The number of thiazole rings is 1. The average Bonchev–Trinajstić information content (AvgIpc) is 3.11. The van der Waals surface area contributed by atoms with Crippen LogP contribution in [0.4, 0.5) is 5.13 Å². The van der Waals surface area contributed by atoms with Gasteiger partial charge in [0.15, 0.2) is 10.8 Å². The van der Waals surface area contributed by atoms with Crippen LogP contribution in [0.15, 0.2) is 10.6 Å². The fourth-order valence-electron chi connectivity index (χ4n) is 2.69. The second-order valence-electron chi connectivity index (χ2n) is 5.94. The molecule has 1 aliphatic heterocycles. The number of fused-ring (bicyclic) bond motifs is 1. The lowest BCUT2D eigenvalue weighted by molar-refractivity contribution is -0.114. The van der Waals surface area contributed by atoms with Crippen LogP contribution >= 0.6 is 11.3 Å². The number of hydrogen-bond donors (Lipinski definition) is 1. The van der Waals surface area contributed by atoms with E-state index in [1.165, 1.54) is 18.3 Å². The van der Waals surface area contributed by atoms with Crippen LogP contribution in [-0.2, 0) is 17.8 Å². The van der Waals surface area contributed by atoms with Crippen LogP contribution in [0.2, 0.25) is 0 Å². The second kappa shape index (κ2) is 5.45. The van der Waals surface area contributed by atoms with Gasteiger partial charge in [-0.05, 0) is 12.8 Å². The van der Waals surface area contributed by atoms with Crippen molar-refractivity contribution in [2.45, 2.75) is 38.6 Å². The highest BCUT2D eigenvalue weighted by atomic mass is 32.1. The summed E-state index contributed by atoms with van der Waals surface area (Å²) in [5, 5.41) is 7.21. The van der Waals surface area contributed by atoms with Gasteiger partial charge in [0.05, 0.1) is 12.2 Å². The van der Waals surface area contributed by atoms with Gasteiger partial charge >= 0.3 is 0 Å². The van der Waals surface area contributed by atoms with Gasteiger partial charge in [-0.15, -0.1) is 0 Å². The maximum atomic E-state index is 12.6. The van der Waals surface area contributed by atoms with E-state index in [9.17, 15) is 9.59 Å². The standard InChI is InChI=1S/C15H16N4O3S/c1-8(20)16-15-17-10-4-5-19(7-13(10)23-15)14(21)11-6-12(22-18-11)9-2-3-9/h6,9H,2-5,7H2,1H3,(H,16,17,20). The maximum absolute atomic E-state index is 12.6. The van der Waals surface area contributed by atoms with Gasteiger partial charge in [0.2, 0.25) is 5.91 Å². The van der Waals surface area contributed by atoms with Gasteiger partial charge in [-0.1, -0.05) is 16.5 Å². The summed E-state index contributed by atoms with van der Waals surface area (Å²) in [6.45, 7) is 2.55. The molecule has 4 rings (SSSR count). The van der Waals surface area contributed by atoms with Crippen LogP contribution in [0.25, 0.3) is 0 Å². The van der Waals surface area contributed by atoms with Gasteiger partial charge in [-0.25, -0.2) is 4.98 Å². The van der Waals surface area contributed by atoms with Crippen LogP contribution < -0.4 is 5.32 Å². The Bertz CT molecular complexity index is 778. The number of nitrogens with one attached hydrogen (secondary N) is 1. The Labute approximate surface area is 136 Å². The lowest BCUT2D eigenvalue weighted by atomic mass is 10.1. The molecule has 2 aromatic heterocycles. The van der Waals surface area contributed by atoms with E-state index in [2.05, 4.69) is 15.5 Å². The summed E-state index contributed by atoms with van der Waals surface area (Å²) in [6.07, 6.45) is 2.91. The quantitative estimate of drug-likeness (QED) is 0.930. The first-order valence-corrected chi connectivity index (χ1v) is 8.44. The molecule has 2 aliphatic rings. The summed E-state index contributed by atoms with van der Waals surface area (Å²) >= 11 is 1.42. The van der Waals surface area contributed by atoms with Crippen molar-refractivity contribution in [3.05, 3.63) is 28.1 Å². The molecule has 0 bridgehead atoms. The first kappa shape index (κ1) is 14.4. The fourth-order valence-corrected chi connectivity index (χ4v) is 3.76. The molecule has 120 valence electrons. The number of carbonyl (C=O) groups excluding carboxylic acids is 2. The lowest BCUT2D eigenvalue weighted by Crippen LogP contribution is -2.35. The highest BCUT2D eigenvalue weighted by Gasteiger charge is 2.31. The van der Waals surface area contributed by atoms with Crippen molar-refractivity contribution in [3.63, 3.8) is 0 Å². The molecular weight excluding hydrogens is 316 g/mol. The molecule has 23 heavy (non-hydrogen) atoms. The van der Waals surface area contributed by atoms with Gasteiger partial charge in [0.25, 0.3) is 5.91 Å². The molecule has 0 radical (unpaired) electrons. The zero-order valence-corrected chi connectivity index (χ0v) is 13.5. The van der Waals surface area contributed by atoms with Crippen LogP contribution in [0.3, 0.4) is 0 Å². The number of amides is 2. The van der Waals surface area contributed by atoms with E-state index in [0.29, 0.717) is 36.3 Å². The molecule has 2 amide bonds. The molecule has 2 aromatic rings. The summed E-state index contributed by atoms with van der Waals surface area (Å²) in [5.41, 5.74) is 1.34. The van der Waals surface area contributed by atoms with Crippen molar-refractivity contribution in [3.8, 4) is 0 Å². The number of aromatic nitrogens is 2. The van der Waals surface area contributed by atoms with Crippen LogP contribution in [0, 0.1) is 0 Å². The van der Waals surface area contributed by atoms with Gasteiger partial charge in [0.1, 0.15) is 5.76 Å². The molecule has 1 aliphatic carbocycles. The molecule has 1 saturated carbocycles. The molecular formula is C15H16N4O3S. The Kier molecular flexibility index (Phi) is 3.41. The molecule has 0 spiro atoms. The summed E-state index contributed by atoms with van der Waals surface area (Å²) < 4.78 is 5.26. The number of rotatable bonds is 3. The van der Waals surface area contributed by atoms with E-state index in [1.54, 1.807) is 11.0 Å². The number of nitrogens with zero attached hydrogens (tertiary/aromatic N) is 3. The van der Waals surface area contributed by atoms with E-state index in [4.69, 9.17) is 4.52 Å². The predicted octanol–water partition coefficient (Wildman–Crippen LogP) is 2.17. The largest absolute Gasteiger partial charge is 0.360 e. The van der Waals surface area contributed by atoms with Gasteiger partial charge in [-0.3, -0.25) is 9.59 Å². The Morgan fingerprint density at radius 2 is 2.26 bits per heavy atom. The third-order valence-electron chi connectivity index (χ3n) is 4.03. The van der Waals surface area contributed by atoms with E-state index in [-0.39, 0.29) is 11.8 Å². The zero-order valence-electron chi connectivity index (χ0n) is 12.7. The maximum Gasteiger partial charge on any atom is 0.276 e. The van der Waals surface area contributed by atoms with Gasteiger partial charge in [-0.2, -0.15) is 0 Å².